The van der Waals surface area contributed by atoms with Crippen LogP contribution in [-0.2, 0) is 35.4 Å². The van der Waals surface area contributed by atoms with Crippen LogP contribution in [0, 0.1) is 0 Å². The third-order valence-corrected chi connectivity index (χ3v) is 6.21. The molecule has 0 rings (SSSR count). The van der Waals surface area contributed by atoms with Gasteiger partial charge in [-0.1, -0.05) is 23.2 Å². The molecule has 2 unspecified atom stereocenters. The molecule has 106 valence electrons. The molecule has 0 spiro atoms. The van der Waals surface area contributed by atoms with E-state index < -0.39 is 22.9 Å². The molecular weight excluding hydrogens is 338 g/mol. The molecule has 0 N–H and O–H groups in total. The first kappa shape index (κ1) is 22.8. The summed E-state index contributed by atoms with van der Waals surface area (Å²) in [6.07, 6.45) is -0.249. The van der Waals surface area contributed by atoms with E-state index in [1.54, 1.807) is 13.8 Å². The average Bonchev–Trinajstić information content (AvgIpc) is 2.28. The first-order valence-corrected chi connectivity index (χ1v) is 9.36. The summed E-state index contributed by atoms with van der Waals surface area (Å²) in [5.74, 6) is -1.23. The van der Waals surface area contributed by atoms with E-state index >= 15 is 0 Å². The van der Waals surface area contributed by atoms with Crippen molar-refractivity contribution in [2.24, 2.45) is 0 Å². The topological polar surface area (TPSA) is 84.9 Å². The van der Waals surface area contributed by atoms with Gasteiger partial charge in [0.2, 0.25) is 0 Å². The number of ether oxygens (including phenoxy) is 2. The van der Waals surface area contributed by atoms with E-state index in [2.05, 4.69) is 16.3 Å². The minimum absolute atomic E-state index is 0. The fourth-order valence-corrected chi connectivity index (χ4v) is 4.34. The second-order valence-corrected chi connectivity index (χ2v) is 9.23. The van der Waals surface area contributed by atoms with Crippen LogP contribution >= 0.6 is 17.1 Å². The number of carbonyl (C=O) groups is 2. The summed E-state index contributed by atoms with van der Waals surface area (Å²) in [5, 5.41) is -0.979. The number of rotatable bonds is 8. The van der Waals surface area contributed by atoms with E-state index in [1.165, 1.54) is 7.11 Å². The first-order valence-electron chi connectivity index (χ1n) is 5.23. The summed E-state index contributed by atoms with van der Waals surface area (Å²) >= 11 is 5.30. The van der Waals surface area contributed by atoms with E-state index in [0.717, 1.165) is 0 Å². The van der Waals surface area contributed by atoms with Crippen molar-refractivity contribution in [2.45, 2.75) is 25.5 Å². The van der Waals surface area contributed by atoms with Crippen LogP contribution < -0.4 is 56.3 Å². The molecule has 0 fully saturated rings. The monoisotopic (exact) mass is 354 g/mol. The molecule has 0 heterocycles. The molecule has 19 heavy (non-hydrogen) atoms. The molecule has 10 heteroatoms. The molecule has 0 aromatic heterocycles. The van der Waals surface area contributed by atoms with Crippen molar-refractivity contribution in [2.75, 3.05) is 20.3 Å². The maximum absolute atomic E-state index is 11.6. The standard InChI is InChI=1S/C9H17O6PS2.K/c1-4-14-8(10)6-7(9(11)15-5-2)18-16(12,17)13-3;/h7H,4-6H2,1-3H3,(H,12,17);/q;+1/p-1. The van der Waals surface area contributed by atoms with Crippen LogP contribution in [0.4, 0.5) is 0 Å². The molecule has 0 saturated heterocycles. The number of esters is 2. The Hall–Kier alpha value is 1.50. The maximum Gasteiger partial charge on any atom is 1.00 e. The largest absolute Gasteiger partial charge is 1.00 e. The third kappa shape index (κ3) is 10.8. The fraction of sp³-hybridized carbons (Fsp3) is 0.778. The maximum atomic E-state index is 11.6. The fourth-order valence-electron chi connectivity index (χ4n) is 0.969. The molecule has 0 radical (unpaired) electrons. The molecular formula is C9H16KO6PS2. The van der Waals surface area contributed by atoms with E-state index in [1.807, 2.05) is 0 Å². The van der Waals surface area contributed by atoms with Gasteiger partial charge in [0.1, 0.15) is 5.25 Å². The second-order valence-electron chi connectivity index (χ2n) is 2.99. The van der Waals surface area contributed by atoms with Crippen molar-refractivity contribution in [3.8, 4) is 0 Å². The van der Waals surface area contributed by atoms with Gasteiger partial charge in [-0.15, -0.1) is 0 Å². The Kier molecular flexibility index (Phi) is 14.5. The number of hydrogen-bond donors (Lipinski definition) is 0. The van der Waals surface area contributed by atoms with Gasteiger partial charge in [0.25, 0.3) is 0 Å². The van der Waals surface area contributed by atoms with Gasteiger partial charge in [0, 0.05) is 12.8 Å². The van der Waals surface area contributed by atoms with Gasteiger partial charge in [0.05, 0.1) is 19.6 Å². The predicted octanol–water partition coefficient (Wildman–Crippen LogP) is -2.16. The smallest absolute Gasteiger partial charge is 0.793 e. The van der Waals surface area contributed by atoms with E-state index in [4.69, 9.17) is 9.47 Å². The zero-order chi connectivity index (χ0) is 14.2. The Bertz CT molecular complexity index is 341. The Morgan fingerprint density at radius 3 is 2.26 bits per heavy atom. The minimum atomic E-state index is -3.39. The van der Waals surface area contributed by atoms with Gasteiger partial charge in [0.15, 0.2) is 0 Å². The quantitative estimate of drug-likeness (QED) is 0.277. The zero-order valence-electron chi connectivity index (χ0n) is 11.4. The summed E-state index contributed by atoms with van der Waals surface area (Å²) in [7, 11) is 1.19. The Morgan fingerprint density at radius 1 is 1.32 bits per heavy atom. The molecule has 0 aliphatic rings. The Balaban J connectivity index is 0. The van der Waals surface area contributed by atoms with Crippen molar-refractivity contribution < 1.29 is 79.9 Å². The van der Waals surface area contributed by atoms with Crippen molar-refractivity contribution in [1.29, 1.82) is 0 Å². The summed E-state index contributed by atoms with van der Waals surface area (Å²) in [6, 6.07) is 0. The Labute approximate surface area is 164 Å². The summed E-state index contributed by atoms with van der Waals surface area (Å²) in [6.45, 7) is 3.65. The molecule has 0 bridgehead atoms. The Morgan fingerprint density at radius 2 is 1.84 bits per heavy atom. The van der Waals surface area contributed by atoms with Crippen molar-refractivity contribution in [1.82, 2.24) is 0 Å². The summed E-state index contributed by atoms with van der Waals surface area (Å²) in [5.41, 5.74) is -3.39. The van der Waals surface area contributed by atoms with E-state index in [0.29, 0.717) is 11.4 Å². The zero-order valence-corrected chi connectivity index (χ0v) is 17.1. The van der Waals surface area contributed by atoms with Crippen molar-refractivity contribution in [3.05, 3.63) is 0 Å². The molecule has 0 aliphatic heterocycles. The van der Waals surface area contributed by atoms with Gasteiger partial charge >= 0.3 is 63.3 Å². The molecule has 0 saturated carbocycles. The molecule has 0 amide bonds. The van der Waals surface area contributed by atoms with Gasteiger partial charge < -0.3 is 18.9 Å². The average molecular weight is 354 g/mol. The first-order chi connectivity index (χ1) is 8.36. The van der Waals surface area contributed by atoms with Crippen molar-refractivity contribution >= 4 is 40.8 Å². The number of hydrogen-bond acceptors (Lipinski definition) is 8. The van der Waals surface area contributed by atoms with Crippen LogP contribution in [-0.4, -0.2) is 37.5 Å². The molecule has 6 nitrogen and oxygen atoms in total. The van der Waals surface area contributed by atoms with Crippen LogP contribution in [0.3, 0.4) is 0 Å². The van der Waals surface area contributed by atoms with Gasteiger partial charge in [-0.05, 0) is 13.8 Å². The van der Waals surface area contributed by atoms with Crippen LogP contribution in [0.1, 0.15) is 20.3 Å². The normalized spacial score (nSPS) is 14.7. The number of carbonyl (C=O) groups excluding carboxylic acids is 2. The van der Waals surface area contributed by atoms with Crippen LogP contribution in [0.15, 0.2) is 0 Å². The van der Waals surface area contributed by atoms with Crippen molar-refractivity contribution in [3.63, 3.8) is 0 Å². The predicted molar refractivity (Wildman–Crippen MR) is 70.6 cm³/mol. The van der Waals surface area contributed by atoms with Crippen LogP contribution in [0.5, 0.6) is 0 Å². The van der Waals surface area contributed by atoms with Gasteiger partial charge in [-0.3, -0.25) is 9.59 Å². The van der Waals surface area contributed by atoms with E-state index in [-0.39, 0.29) is 71.0 Å². The second kappa shape index (κ2) is 12.1. The third-order valence-electron chi connectivity index (χ3n) is 1.69. The molecule has 2 atom stereocenters. The molecule has 0 aliphatic carbocycles. The summed E-state index contributed by atoms with van der Waals surface area (Å²) in [4.78, 5) is 34.6. The molecule has 0 aromatic rings. The van der Waals surface area contributed by atoms with Crippen LogP contribution in [0.25, 0.3) is 0 Å². The SMILES string of the molecule is CCOC(=O)CC(SP([O-])(=S)OC)C(=O)OCC.[K+]. The van der Waals surface area contributed by atoms with E-state index in [9.17, 15) is 14.5 Å². The van der Waals surface area contributed by atoms with Gasteiger partial charge in [-0.25, -0.2) is 0 Å². The summed E-state index contributed by atoms with van der Waals surface area (Å²) < 4.78 is 14.1. The van der Waals surface area contributed by atoms with Crippen LogP contribution in [0.2, 0.25) is 0 Å². The minimum Gasteiger partial charge on any atom is -0.793 e. The molecule has 0 aromatic carbocycles. The van der Waals surface area contributed by atoms with Gasteiger partial charge in [-0.2, -0.15) is 0 Å².